The summed E-state index contributed by atoms with van der Waals surface area (Å²) in [6.45, 7) is 5.14. The van der Waals surface area contributed by atoms with Crippen LogP contribution in [0.2, 0.25) is 0 Å². The zero-order valence-corrected chi connectivity index (χ0v) is 10.5. The predicted molar refractivity (Wildman–Crippen MR) is 69.6 cm³/mol. The van der Waals surface area contributed by atoms with Crippen LogP contribution in [-0.2, 0) is 4.79 Å². The van der Waals surface area contributed by atoms with E-state index in [2.05, 4.69) is 10.6 Å². The van der Waals surface area contributed by atoms with Crippen molar-refractivity contribution >= 4 is 17.3 Å². The van der Waals surface area contributed by atoms with Gasteiger partial charge in [-0.15, -0.1) is 0 Å². The minimum Gasteiger partial charge on any atom is -0.326 e. The van der Waals surface area contributed by atoms with Crippen LogP contribution in [0.5, 0.6) is 0 Å². The molecule has 0 radical (unpaired) electrons. The van der Waals surface area contributed by atoms with Crippen molar-refractivity contribution in [3.05, 3.63) is 33.9 Å². The fraction of sp³-hybridized carbons (Fsp3) is 0.417. The Balaban J connectivity index is 2.62. The van der Waals surface area contributed by atoms with E-state index in [1.165, 1.54) is 12.1 Å². The van der Waals surface area contributed by atoms with E-state index in [1.807, 2.05) is 6.92 Å². The number of benzene rings is 1. The van der Waals surface area contributed by atoms with E-state index < -0.39 is 4.92 Å². The Bertz CT molecular complexity index is 446. The van der Waals surface area contributed by atoms with Crippen LogP contribution in [0.15, 0.2) is 18.2 Å². The van der Waals surface area contributed by atoms with Gasteiger partial charge in [0.1, 0.15) is 0 Å². The van der Waals surface area contributed by atoms with E-state index in [-0.39, 0.29) is 11.6 Å². The molecule has 6 nitrogen and oxygen atoms in total. The molecule has 0 aromatic heterocycles. The molecule has 6 heteroatoms. The number of hydrogen-bond acceptors (Lipinski definition) is 4. The Morgan fingerprint density at radius 2 is 2.17 bits per heavy atom. The Morgan fingerprint density at radius 1 is 1.44 bits per heavy atom. The summed E-state index contributed by atoms with van der Waals surface area (Å²) < 4.78 is 0. The number of amides is 1. The number of nitro benzene ring substituents is 1. The van der Waals surface area contributed by atoms with E-state index in [0.717, 1.165) is 6.54 Å². The quantitative estimate of drug-likeness (QED) is 0.459. The summed E-state index contributed by atoms with van der Waals surface area (Å²) in [6.07, 6.45) is 0.379. The van der Waals surface area contributed by atoms with Gasteiger partial charge in [-0.1, -0.05) is 6.92 Å². The Hall–Kier alpha value is -1.95. The van der Waals surface area contributed by atoms with Gasteiger partial charge < -0.3 is 10.6 Å². The molecule has 0 fully saturated rings. The number of nitrogens with zero attached hydrogens (tertiary/aromatic N) is 1. The number of non-ortho nitro benzene ring substituents is 1. The standard InChI is InChI=1S/C12H17N3O3/c1-3-13-7-6-12(16)14-11-5-4-10(15(17)18)8-9(11)2/h4-5,8,13H,3,6-7H2,1-2H3,(H,14,16). The van der Waals surface area contributed by atoms with Gasteiger partial charge in [0.2, 0.25) is 5.91 Å². The third-order valence-electron chi connectivity index (χ3n) is 2.47. The highest BCUT2D eigenvalue weighted by molar-refractivity contribution is 5.91. The molecule has 0 aliphatic rings. The van der Waals surface area contributed by atoms with Gasteiger partial charge in [-0.3, -0.25) is 14.9 Å². The molecule has 0 aliphatic carbocycles. The van der Waals surface area contributed by atoms with Crippen LogP contribution in [0.4, 0.5) is 11.4 Å². The molecule has 0 bridgehead atoms. The topological polar surface area (TPSA) is 84.3 Å². The summed E-state index contributed by atoms with van der Waals surface area (Å²) in [7, 11) is 0. The molecule has 0 saturated heterocycles. The molecule has 0 heterocycles. The molecule has 0 aliphatic heterocycles. The lowest BCUT2D eigenvalue weighted by Gasteiger charge is -2.08. The summed E-state index contributed by atoms with van der Waals surface area (Å²) in [5.41, 5.74) is 1.32. The lowest BCUT2D eigenvalue weighted by Crippen LogP contribution is -2.21. The highest BCUT2D eigenvalue weighted by Crippen LogP contribution is 2.21. The van der Waals surface area contributed by atoms with E-state index in [4.69, 9.17) is 0 Å². The smallest absolute Gasteiger partial charge is 0.269 e. The van der Waals surface area contributed by atoms with Gasteiger partial charge in [0.05, 0.1) is 4.92 Å². The third kappa shape index (κ3) is 4.14. The summed E-state index contributed by atoms with van der Waals surface area (Å²) in [5, 5.41) is 16.4. The molecule has 0 saturated carbocycles. The van der Waals surface area contributed by atoms with E-state index in [1.54, 1.807) is 13.0 Å². The normalized spacial score (nSPS) is 10.1. The van der Waals surface area contributed by atoms with Gasteiger partial charge in [-0.25, -0.2) is 0 Å². The molecule has 1 aromatic rings. The highest BCUT2D eigenvalue weighted by Gasteiger charge is 2.09. The zero-order valence-electron chi connectivity index (χ0n) is 10.5. The van der Waals surface area contributed by atoms with Crippen molar-refractivity contribution in [2.75, 3.05) is 18.4 Å². The lowest BCUT2D eigenvalue weighted by molar-refractivity contribution is -0.384. The van der Waals surface area contributed by atoms with Crippen LogP contribution >= 0.6 is 0 Å². The largest absolute Gasteiger partial charge is 0.326 e. The second-order valence-corrected chi connectivity index (χ2v) is 3.91. The van der Waals surface area contributed by atoms with Crippen molar-refractivity contribution in [3.8, 4) is 0 Å². The molecule has 1 amide bonds. The Kier molecular flexibility index (Phi) is 5.26. The number of nitrogens with one attached hydrogen (secondary N) is 2. The van der Waals surface area contributed by atoms with Crippen LogP contribution in [0, 0.1) is 17.0 Å². The number of carbonyl (C=O) groups excluding carboxylic acids is 1. The van der Waals surface area contributed by atoms with E-state index in [9.17, 15) is 14.9 Å². The Labute approximate surface area is 106 Å². The monoisotopic (exact) mass is 251 g/mol. The van der Waals surface area contributed by atoms with Crippen molar-refractivity contribution in [2.45, 2.75) is 20.3 Å². The van der Waals surface area contributed by atoms with Crippen LogP contribution < -0.4 is 10.6 Å². The molecule has 18 heavy (non-hydrogen) atoms. The highest BCUT2D eigenvalue weighted by atomic mass is 16.6. The fourth-order valence-electron chi connectivity index (χ4n) is 1.49. The van der Waals surface area contributed by atoms with Crippen molar-refractivity contribution in [1.82, 2.24) is 5.32 Å². The van der Waals surface area contributed by atoms with Crippen LogP contribution in [0.25, 0.3) is 0 Å². The fourth-order valence-corrected chi connectivity index (χ4v) is 1.49. The third-order valence-corrected chi connectivity index (χ3v) is 2.47. The first-order chi connectivity index (χ1) is 8.54. The van der Waals surface area contributed by atoms with E-state index >= 15 is 0 Å². The minimum absolute atomic E-state index is 0.0261. The molecule has 1 aromatic carbocycles. The van der Waals surface area contributed by atoms with Gasteiger partial charge in [0.15, 0.2) is 0 Å². The molecule has 0 atom stereocenters. The first-order valence-electron chi connectivity index (χ1n) is 5.80. The summed E-state index contributed by atoms with van der Waals surface area (Å²) in [6, 6.07) is 4.38. The maximum absolute atomic E-state index is 11.6. The average Bonchev–Trinajstić information content (AvgIpc) is 2.32. The molecule has 0 spiro atoms. The number of hydrogen-bond donors (Lipinski definition) is 2. The minimum atomic E-state index is -0.455. The number of nitro groups is 1. The van der Waals surface area contributed by atoms with Gasteiger partial charge in [-0.2, -0.15) is 0 Å². The van der Waals surface area contributed by atoms with Gasteiger partial charge in [0.25, 0.3) is 5.69 Å². The molecule has 98 valence electrons. The van der Waals surface area contributed by atoms with Crippen LogP contribution in [-0.4, -0.2) is 23.9 Å². The maximum atomic E-state index is 11.6. The molecular formula is C12H17N3O3. The molecule has 1 rings (SSSR count). The van der Waals surface area contributed by atoms with Crippen molar-refractivity contribution < 1.29 is 9.72 Å². The molecular weight excluding hydrogens is 234 g/mol. The van der Waals surface area contributed by atoms with Gasteiger partial charge >= 0.3 is 0 Å². The zero-order chi connectivity index (χ0) is 13.5. The first-order valence-corrected chi connectivity index (χ1v) is 5.80. The van der Waals surface area contributed by atoms with Crippen molar-refractivity contribution in [1.29, 1.82) is 0 Å². The number of anilines is 1. The Morgan fingerprint density at radius 3 is 2.72 bits per heavy atom. The lowest BCUT2D eigenvalue weighted by atomic mass is 10.1. The SMILES string of the molecule is CCNCCC(=O)Nc1ccc([N+](=O)[O-])cc1C. The van der Waals surface area contributed by atoms with Gasteiger partial charge in [0, 0.05) is 30.8 Å². The number of rotatable bonds is 6. The second kappa shape index (κ2) is 6.70. The van der Waals surface area contributed by atoms with E-state index in [0.29, 0.717) is 24.2 Å². The second-order valence-electron chi connectivity index (χ2n) is 3.91. The van der Waals surface area contributed by atoms with Crippen molar-refractivity contribution in [2.24, 2.45) is 0 Å². The number of aryl methyl sites for hydroxylation is 1. The number of carbonyl (C=O) groups is 1. The molecule has 0 unspecified atom stereocenters. The average molecular weight is 251 g/mol. The predicted octanol–water partition coefficient (Wildman–Crippen LogP) is 1.84. The van der Waals surface area contributed by atoms with Crippen LogP contribution in [0.3, 0.4) is 0 Å². The molecule has 2 N–H and O–H groups in total. The summed E-state index contributed by atoms with van der Waals surface area (Å²) in [4.78, 5) is 21.7. The van der Waals surface area contributed by atoms with Crippen molar-refractivity contribution in [3.63, 3.8) is 0 Å². The van der Waals surface area contributed by atoms with Gasteiger partial charge in [-0.05, 0) is 25.1 Å². The van der Waals surface area contributed by atoms with Crippen LogP contribution in [0.1, 0.15) is 18.9 Å². The maximum Gasteiger partial charge on any atom is 0.269 e. The summed E-state index contributed by atoms with van der Waals surface area (Å²) >= 11 is 0. The summed E-state index contributed by atoms with van der Waals surface area (Å²) in [5.74, 6) is -0.104. The first kappa shape index (κ1) is 14.1.